The van der Waals surface area contributed by atoms with Gasteiger partial charge >= 0.3 is 0 Å². The highest BCUT2D eigenvalue weighted by molar-refractivity contribution is 7.11. The maximum atomic E-state index is 6.21. The lowest BCUT2D eigenvalue weighted by atomic mass is 9.14. The number of para-hydroxylation sites is 1. The van der Waals surface area contributed by atoms with Gasteiger partial charge in [-0.05, 0) is 55.0 Å². The van der Waals surface area contributed by atoms with E-state index >= 15 is 0 Å². The number of nitrogens with zero attached hydrogens (tertiary/aromatic N) is 1. The molecule has 236 valence electrons. The van der Waals surface area contributed by atoms with Gasteiger partial charge < -0.3 is 0 Å². The summed E-state index contributed by atoms with van der Waals surface area (Å²) in [6, 6.07) is 45.7. The molecular weight excluding hydrogens is 624 g/mol. The maximum Gasteiger partial charge on any atom is 0.205 e. The van der Waals surface area contributed by atoms with Gasteiger partial charge in [0.2, 0.25) is 5.69 Å². The van der Waals surface area contributed by atoms with Crippen molar-refractivity contribution in [1.82, 2.24) is 0 Å². The maximum absolute atomic E-state index is 6.21. The van der Waals surface area contributed by atoms with Crippen LogP contribution in [0.25, 0.3) is 6.08 Å². The standard InChI is InChI=1S/C24H25BCl3.C17H18N/c1-2-3-4-5-18-25(19-6-12-22(26)13-7-19,20-8-14-23(27)15-9-20)21-10-16-24(28)17-11-21;1-2-18(17-13-7-4-8-14-17)15-9-12-16-10-5-3-6-11-16/h6-17H,2-5,18H2,1H3;3-15H,2H2,1H3/q-1;+1. The first-order valence-corrected chi connectivity index (χ1v) is 17.4. The molecule has 0 fully saturated rings. The summed E-state index contributed by atoms with van der Waals surface area (Å²) in [6.45, 7) is 5.36. The molecule has 0 radical (unpaired) electrons. The smallest absolute Gasteiger partial charge is 0.200 e. The van der Waals surface area contributed by atoms with Crippen LogP contribution in [-0.4, -0.2) is 23.5 Å². The van der Waals surface area contributed by atoms with Crippen molar-refractivity contribution >= 4 is 75.3 Å². The van der Waals surface area contributed by atoms with Gasteiger partial charge in [0.15, 0.2) is 6.21 Å². The number of allylic oxidation sites excluding steroid dienone is 1. The molecule has 0 aliphatic carbocycles. The van der Waals surface area contributed by atoms with Crippen molar-refractivity contribution in [2.45, 2.75) is 45.9 Å². The summed E-state index contributed by atoms with van der Waals surface area (Å²) in [6.07, 6.45) is 11.1. The Hall–Kier alpha value is -3.56. The first-order valence-electron chi connectivity index (χ1n) is 16.3. The topological polar surface area (TPSA) is 3.01 Å². The Balaban J connectivity index is 0.000000230. The van der Waals surface area contributed by atoms with Gasteiger partial charge in [-0.3, -0.25) is 0 Å². The van der Waals surface area contributed by atoms with Crippen LogP contribution in [0.3, 0.4) is 0 Å². The Morgan fingerprint density at radius 3 is 1.43 bits per heavy atom. The van der Waals surface area contributed by atoms with E-state index < -0.39 is 6.15 Å². The summed E-state index contributed by atoms with van der Waals surface area (Å²) in [5.41, 5.74) is 6.33. The fraction of sp³-hybridized carbons (Fsp3) is 0.195. The van der Waals surface area contributed by atoms with E-state index in [9.17, 15) is 0 Å². The molecule has 0 aliphatic heterocycles. The molecule has 0 spiro atoms. The Morgan fingerprint density at radius 1 is 0.543 bits per heavy atom. The number of halogens is 3. The second kappa shape index (κ2) is 18.6. The summed E-state index contributed by atoms with van der Waals surface area (Å²) < 4.78 is 2.22. The average Bonchev–Trinajstić information content (AvgIpc) is 3.09. The van der Waals surface area contributed by atoms with Crippen molar-refractivity contribution in [1.29, 1.82) is 0 Å². The van der Waals surface area contributed by atoms with Crippen molar-refractivity contribution in [3.8, 4) is 0 Å². The van der Waals surface area contributed by atoms with Crippen LogP contribution in [0, 0.1) is 0 Å². The van der Waals surface area contributed by atoms with Gasteiger partial charge in [0, 0.05) is 33.3 Å². The van der Waals surface area contributed by atoms with Crippen LogP contribution in [0.15, 0.2) is 140 Å². The van der Waals surface area contributed by atoms with E-state index in [1.165, 1.54) is 53.3 Å². The molecule has 0 amide bonds. The monoisotopic (exact) mass is 665 g/mol. The number of rotatable bonds is 12. The predicted octanol–water partition coefficient (Wildman–Crippen LogP) is 10.8. The molecule has 0 saturated heterocycles. The summed E-state index contributed by atoms with van der Waals surface area (Å²) in [7, 11) is 0. The predicted molar refractivity (Wildman–Crippen MR) is 206 cm³/mol. The van der Waals surface area contributed by atoms with E-state index in [-0.39, 0.29) is 0 Å². The Labute approximate surface area is 291 Å². The van der Waals surface area contributed by atoms with E-state index in [0.717, 1.165) is 27.9 Å². The normalized spacial score (nSPS) is 11.7. The number of unbranched alkanes of at least 4 members (excludes halogenated alkanes) is 3. The van der Waals surface area contributed by atoms with Gasteiger partial charge in [-0.25, -0.2) is 0 Å². The van der Waals surface area contributed by atoms with E-state index in [4.69, 9.17) is 34.8 Å². The lowest BCUT2D eigenvalue weighted by Gasteiger charge is -2.43. The Bertz CT molecular complexity index is 1540. The molecule has 0 heterocycles. The zero-order valence-electron chi connectivity index (χ0n) is 26.8. The SMILES string of the molecule is CCCCCC[B-](c1ccc(Cl)cc1)(c1ccc(Cl)cc1)c1ccc(Cl)cc1.CC[N+](=CC=Cc1ccccc1)c1ccccc1. The van der Waals surface area contributed by atoms with Crippen LogP contribution >= 0.6 is 34.8 Å². The van der Waals surface area contributed by atoms with Crippen molar-refractivity contribution in [2.24, 2.45) is 0 Å². The fourth-order valence-electron chi connectivity index (χ4n) is 6.14. The zero-order valence-corrected chi connectivity index (χ0v) is 29.1. The lowest BCUT2D eigenvalue weighted by Crippen LogP contribution is -2.66. The van der Waals surface area contributed by atoms with Crippen LogP contribution in [0.4, 0.5) is 5.69 Å². The van der Waals surface area contributed by atoms with E-state index in [0.29, 0.717) is 0 Å². The van der Waals surface area contributed by atoms with Crippen molar-refractivity contribution < 1.29 is 4.58 Å². The molecule has 0 N–H and O–H groups in total. The van der Waals surface area contributed by atoms with Crippen molar-refractivity contribution in [3.05, 3.63) is 160 Å². The van der Waals surface area contributed by atoms with Crippen molar-refractivity contribution in [3.63, 3.8) is 0 Å². The molecule has 0 aliphatic rings. The number of benzene rings is 5. The second-order valence-electron chi connectivity index (χ2n) is 11.6. The highest BCUT2D eigenvalue weighted by Gasteiger charge is 2.29. The molecule has 0 unspecified atom stereocenters. The highest BCUT2D eigenvalue weighted by atomic mass is 35.5. The molecule has 5 aromatic rings. The van der Waals surface area contributed by atoms with E-state index in [1.807, 2.05) is 48.5 Å². The molecule has 0 atom stereocenters. The Kier molecular flexibility index (Phi) is 14.2. The Morgan fingerprint density at radius 2 is 1.00 bits per heavy atom. The minimum atomic E-state index is -1.15. The molecule has 5 rings (SSSR count). The van der Waals surface area contributed by atoms with Gasteiger partial charge in [0.05, 0.1) is 6.15 Å². The van der Waals surface area contributed by atoms with Crippen LogP contribution < -0.4 is 16.4 Å². The van der Waals surface area contributed by atoms with Crippen LogP contribution in [0.2, 0.25) is 21.4 Å². The van der Waals surface area contributed by atoms with Crippen LogP contribution in [-0.2, 0) is 0 Å². The lowest BCUT2D eigenvalue weighted by molar-refractivity contribution is -0.430. The molecule has 1 nitrogen and oxygen atoms in total. The van der Waals surface area contributed by atoms with E-state index in [1.54, 1.807) is 0 Å². The molecule has 0 bridgehead atoms. The minimum Gasteiger partial charge on any atom is -0.200 e. The first kappa shape index (κ1) is 35.3. The fourth-order valence-corrected chi connectivity index (χ4v) is 6.52. The zero-order chi connectivity index (χ0) is 32.6. The van der Waals surface area contributed by atoms with Gasteiger partial charge in [0.1, 0.15) is 6.54 Å². The molecular formula is C41H43BCl3N. The van der Waals surface area contributed by atoms with E-state index in [2.05, 4.69) is 122 Å². The van der Waals surface area contributed by atoms with Crippen LogP contribution in [0.1, 0.15) is 45.1 Å². The summed E-state index contributed by atoms with van der Waals surface area (Å²) in [5.74, 6) is 0. The third kappa shape index (κ3) is 9.97. The van der Waals surface area contributed by atoms with Gasteiger partial charge in [-0.1, -0.05) is 152 Å². The third-order valence-corrected chi connectivity index (χ3v) is 9.35. The molecule has 0 saturated carbocycles. The largest absolute Gasteiger partial charge is 0.205 e. The highest BCUT2D eigenvalue weighted by Crippen LogP contribution is 2.21. The molecule has 0 aromatic heterocycles. The summed E-state index contributed by atoms with van der Waals surface area (Å²) in [5, 5.41) is 2.27. The van der Waals surface area contributed by atoms with Crippen LogP contribution in [0.5, 0.6) is 0 Å². The number of hydrogen-bond acceptors (Lipinski definition) is 0. The second-order valence-corrected chi connectivity index (χ2v) is 12.9. The summed E-state index contributed by atoms with van der Waals surface area (Å²) >= 11 is 18.6. The number of hydrogen-bond donors (Lipinski definition) is 0. The molecule has 46 heavy (non-hydrogen) atoms. The van der Waals surface area contributed by atoms with Gasteiger partial charge in [-0.15, -0.1) is 0 Å². The summed E-state index contributed by atoms with van der Waals surface area (Å²) in [4.78, 5) is 0. The average molecular weight is 667 g/mol. The third-order valence-electron chi connectivity index (χ3n) is 8.59. The van der Waals surface area contributed by atoms with Crippen molar-refractivity contribution in [2.75, 3.05) is 6.54 Å². The van der Waals surface area contributed by atoms with Gasteiger partial charge in [0.25, 0.3) is 0 Å². The molecule has 5 heteroatoms. The molecule has 5 aromatic carbocycles. The van der Waals surface area contributed by atoms with Gasteiger partial charge in [-0.2, -0.15) is 27.3 Å². The first-order chi connectivity index (χ1) is 22.5. The quantitative estimate of drug-likeness (QED) is 0.0540. The minimum absolute atomic E-state index is 0.756.